The number of likely N-dealkylation sites (tertiary alicyclic amines) is 1. The van der Waals surface area contributed by atoms with Gasteiger partial charge in [0, 0.05) is 5.56 Å². The van der Waals surface area contributed by atoms with Crippen LogP contribution in [0.3, 0.4) is 0 Å². The largest absolute Gasteiger partial charge is 0.386 e. The summed E-state index contributed by atoms with van der Waals surface area (Å²) in [5.74, 6) is -1.71. The van der Waals surface area contributed by atoms with Crippen LogP contribution in [0.1, 0.15) is 24.5 Å². The number of benzene rings is 1. The molecule has 1 aliphatic carbocycles. The van der Waals surface area contributed by atoms with Crippen molar-refractivity contribution in [2.45, 2.75) is 18.9 Å². The molecule has 0 bridgehead atoms. The van der Waals surface area contributed by atoms with E-state index in [2.05, 4.69) is 0 Å². The summed E-state index contributed by atoms with van der Waals surface area (Å²) in [7, 11) is 0. The molecule has 1 N–H and O–H groups in total. The minimum Gasteiger partial charge on any atom is -0.386 e. The molecule has 110 valence electrons. The number of aliphatic hydroxyl groups is 1. The Morgan fingerprint density at radius 3 is 2.29 bits per heavy atom. The number of hydrogen-bond acceptors (Lipinski definition) is 3. The van der Waals surface area contributed by atoms with Crippen LogP contribution in [0.5, 0.6) is 0 Å². The Balaban J connectivity index is 1.78. The van der Waals surface area contributed by atoms with Gasteiger partial charge in [-0.15, -0.1) is 0 Å². The first-order valence-corrected chi connectivity index (χ1v) is 7.02. The molecule has 0 saturated carbocycles. The number of allylic oxidation sites excluding steroid dienone is 2. The zero-order chi connectivity index (χ0) is 15.0. The van der Waals surface area contributed by atoms with Crippen molar-refractivity contribution < 1.29 is 19.1 Å². The maximum Gasteiger partial charge on any atom is 0.233 e. The fourth-order valence-electron chi connectivity index (χ4n) is 3.07. The normalized spacial score (nSPS) is 26.1. The first-order valence-electron chi connectivity index (χ1n) is 7.02. The standard InChI is InChI=1S/C16H16FNO3/c17-13-8-4-3-7-12(13)14(19)9-18-15(20)10-5-1-2-6-11(10)16(18)21/h1-4,7-8,10-11,14,19H,5-6,9H2/t10-,11-,14-/m1/s1. The molecular weight excluding hydrogens is 273 g/mol. The molecule has 1 heterocycles. The summed E-state index contributed by atoms with van der Waals surface area (Å²) in [6.07, 6.45) is 3.72. The molecule has 1 saturated heterocycles. The SMILES string of the molecule is O=C1[C@@H]2CC=CC[C@H]2C(=O)N1C[C@@H](O)c1ccccc1F. The maximum absolute atomic E-state index is 13.6. The number of β-amino-alcohol motifs (C(OH)–C–C–N with tert-alkyl or cyclic N) is 1. The molecule has 2 amide bonds. The van der Waals surface area contributed by atoms with Crippen LogP contribution in [0, 0.1) is 17.7 Å². The molecule has 0 spiro atoms. The van der Waals surface area contributed by atoms with E-state index in [0.717, 1.165) is 4.90 Å². The monoisotopic (exact) mass is 289 g/mol. The van der Waals surface area contributed by atoms with E-state index in [-0.39, 0.29) is 35.8 Å². The molecule has 21 heavy (non-hydrogen) atoms. The number of halogens is 1. The number of amides is 2. The van der Waals surface area contributed by atoms with E-state index < -0.39 is 11.9 Å². The van der Waals surface area contributed by atoms with Crippen molar-refractivity contribution in [1.29, 1.82) is 0 Å². The molecule has 2 aliphatic rings. The Labute approximate surface area is 121 Å². The fourth-order valence-corrected chi connectivity index (χ4v) is 3.07. The lowest BCUT2D eigenvalue weighted by atomic mass is 9.85. The third-order valence-corrected chi connectivity index (χ3v) is 4.22. The minimum absolute atomic E-state index is 0.103. The number of nitrogens with zero attached hydrogens (tertiary/aromatic N) is 1. The smallest absolute Gasteiger partial charge is 0.233 e. The number of hydrogen-bond donors (Lipinski definition) is 1. The highest BCUT2D eigenvalue weighted by Gasteiger charge is 2.47. The molecular formula is C16H16FNO3. The Hall–Kier alpha value is -2.01. The van der Waals surface area contributed by atoms with Crippen LogP contribution < -0.4 is 0 Å². The van der Waals surface area contributed by atoms with E-state index in [4.69, 9.17) is 0 Å². The number of rotatable bonds is 3. The number of fused-ring (bicyclic) bond motifs is 1. The van der Waals surface area contributed by atoms with E-state index in [0.29, 0.717) is 12.8 Å². The van der Waals surface area contributed by atoms with Gasteiger partial charge in [-0.05, 0) is 18.9 Å². The van der Waals surface area contributed by atoms with Gasteiger partial charge < -0.3 is 5.11 Å². The highest BCUT2D eigenvalue weighted by Crippen LogP contribution is 2.36. The van der Waals surface area contributed by atoms with Crippen LogP contribution in [0.2, 0.25) is 0 Å². The predicted molar refractivity (Wildman–Crippen MR) is 73.4 cm³/mol. The van der Waals surface area contributed by atoms with E-state index >= 15 is 0 Å². The molecule has 0 unspecified atom stereocenters. The van der Waals surface area contributed by atoms with E-state index in [9.17, 15) is 19.1 Å². The van der Waals surface area contributed by atoms with Gasteiger partial charge >= 0.3 is 0 Å². The molecule has 1 fully saturated rings. The third-order valence-electron chi connectivity index (χ3n) is 4.22. The summed E-state index contributed by atoms with van der Waals surface area (Å²) in [6, 6.07) is 5.84. The van der Waals surface area contributed by atoms with Gasteiger partial charge in [0.2, 0.25) is 11.8 Å². The van der Waals surface area contributed by atoms with Crippen molar-refractivity contribution in [2.75, 3.05) is 6.54 Å². The van der Waals surface area contributed by atoms with E-state index in [1.165, 1.54) is 18.2 Å². The molecule has 1 aromatic carbocycles. The lowest BCUT2D eigenvalue weighted by molar-refractivity contribution is -0.141. The van der Waals surface area contributed by atoms with Gasteiger partial charge in [-0.25, -0.2) is 4.39 Å². The van der Waals surface area contributed by atoms with Crippen molar-refractivity contribution in [1.82, 2.24) is 4.90 Å². The van der Waals surface area contributed by atoms with Crippen LogP contribution >= 0.6 is 0 Å². The van der Waals surface area contributed by atoms with Crippen LogP contribution in [-0.2, 0) is 9.59 Å². The Morgan fingerprint density at radius 1 is 1.14 bits per heavy atom. The summed E-state index contributed by atoms with van der Waals surface area (Å²) < 4.78 is 13.6. The lowest BCUT2D eigenvalue weighted by Gasteiger charge is -2.19. The van der Waals surface area contributed by atoms with Crippen LogP contribution in [0.15, 0.2) is 36.4 Å². The average molecular weight is 289 g/mol. The lowest BCUT2D eigenvalue weighted by Crippen LogP contribution is -2.35. The second-order valence-corrected chi connectivity index (χ2v) is 5.48. The molecule has 1 aromatic rings. The Bertz CT molecular complexity index is 587. The second kappa shape index (κ2) is 5.41. The summed E-state index contributed by atoms with van der Waals surface area (Å²) in [4.78, 5) is 25.6. The van der Waals surface area contributed by atoms with E-state index in [1.807, 2.05) is 12.2 Å². The van der Waals surface area contributed by atoms with Gasteiger partial charge in [0.25, 0.3) is 0 Å². The summed E-state index contributed by atoms with van der Waals surface area (Å²) >= 11 is 0. The molecule has 1 aliphatic heterocycles. The quantitative estimate of drug-likeness (QED) is 0.682. The third kappa shape index (κ3) is 2.38. The van der Waals surface area contributed by atoms with Gasteiger partial charge in [0.1, 0.15) is 5.82 Å². The van der Waals surface area contributed by atoms with Crippen LogP contribution in [-0.4, -0.2) is 28.4 Å². The highest BCUT2D eigenvalue weighted by atomic mass is 19.1. The number of carbonyl (C=O) groups is 2. The second-order valence-electron chi connectivity index (χ2n) is 5.48. The van der Waals surface area contributed by atoms with Crippen molar-refractivity contribution in [3.63, 3.8) is 0 Å². The number of imide groups is 1. The number of aliphatic hydroxyl groups excluding tert-OH is 1. The first kappa shape index (κ1) is 13.9. The van der Waals surface area contributed by atoms with E-state index in [1.54, 1.807) is 6.07 Å². The van der Waals surface area contributed by atoms with Gasteiger partial charge in [-0.2, -0.15) is 0 Å². The predicted octanol–water partition coefficient (Wildman–Crippen LogP) is 1.81. The van der Waals surface area contributed by atoms with Gasteiger partial charge in [-0.1, -0.05) is 30.4 Å². The van der Waals surface area contributed by atoms with Crippen LogP contribution in [0.25, 0.3) is 0 Å². The van der Waals surface area contributed by atoms with Crippen molar-refractivity contribution in [3.05, 3.63) is 47.8 Å². The topological polar surface area (TPSA) is 57.6 Å². The number of carbonyl (C=O) groups excluding carboxylic acids is 2. The molecule has 0 aromatic heterocycles. The Kier molecular flexibility index (Phi) is 3.59. The van der Waals surface area contributed by atoms with Crippen molar-refractivity contribution in [2.24, 2.45) is 11.8 Å². The molecule has 0 radical (unpaired) electrons. The van der Waals surface area contributed by atoms with Crippen LogP contribution in [0.4, 0.5) is 4.39 Å². The van der Waals surface area contributed by atoms with Gasteiger partial charge in [0.15, 0.2) is 0 Å². The fraction of sp³-hybridized carbons (Fsp3) is 0.375. The van der Waals surface area contributed by atoms with Crippen molar-refractivity contribution in [3.8, 4) is 0 Å². The summed E-state index contributed by atoms with van der Waals surface area (Å²) in [5.41, 5.74) is 0.103. The Morgan fingerprint density at radius 2 is 1.71 bits per heavy atom. The zero-order valence-corrected chi connectivity index (χ0v) is 11.4. The van der Waals surface area contributed by atoms with Gasteiger partial charge in [0.05, 0.1) is 24.5 Å². The first-order chi connectivity index (χ1) is 10.1. The maximum atomic E-state index is 13.6. The van der Waals surface area contributed by atoms with Gasteiger partial charge in [-0.3, -0.25) is 14.5 Å². The molecule has 5 heteroatoms. The average Bonchev–Trinajstić information content (AvgIpc) is 2.73. The summed E-state index contributed by atoms with van der Waals surface area (Å²) in [5, 5.41) is 10.1. The molecule has 4 nitrogen and oxygen atoms in total. The zero-order valence-electron chi connectivity index (χ0n) is 11.4. The van der Waals surface area contributed by atoms with Crippen molar-refractivity contribution >= 4 is 11.8 Å². The molecule has 3 rings (SSSR count). The summed E-state index contributed by atoms with van der Waals surface area (Å²) in [6.45, 7) is -0.189. The minimum atomic E-state index is -1.20. The molecule has 3 atom stereocenters. The highest BCUT2D eigenvalue weighted by molar-refractivity contribution is 6.05.